The molecule has 0 N–H and O–H groups in total. The van der Waals surface area contributed by atoms with Crippen LogP contribution in [0.25, 0.3) is 65.3 Å². The molecule has 36 heavy (non-hydrogen) atoms. The van der Waals surface area contributed by atoms with Gasteiger partial charge in [0.05, 0.1) is 0 Å². The fraction of sp³-hybridized carbons (Fsp3) is 0.0588. The number of benzene rings is 7. The van der Waals surface area contributed by atoms with E-state index in [-0.39, 0.29) is 0 Å². The van der Waals surface area contributed by atoms with E-state index >= 15 is 0 Å². The Kier molecular flexibility index (Phi) is 3.74. The van der Waals surface area contributed by atoms with Gasteiger partial charge in [0, 0.05) is 8.95 Å². The van der Waals surface area contributed by atoms with Crippen molar-refractivity contribution >= 4 is 74.9 Å². The van der Waals surface area contributed by atoms with E-state index in [1.165, 1.54) is 92.1 Å². The van der Waals surface area contributed by atoms with E-state index in [0.29, 0.717) is 0 Å². The Morgan fingerprint density at radius 3 is 1.67 bits per heavy atom. The first-order valence-corrected chi connectivity index (χ1v) is 14.0. The van der Waals surface area contributed by atoms with Gasteiger partial charge in [0.25, 0.3) is 0 Å². The van der Waals surface area contributed by atoms with Crippen LogP contribution < -0.4 is 0 Å². The topological polar surface area (TPSA) is 0 Å². The molecule has 0 heterocycles. The molecular weight excluding hydrogens is 568 g/mol. The van der Waals surface area contributed by atoms with Crippen LogP contribution in [-0.2, 0) is 12.8 Å². The van der Waals surface area contributed by atoms with E-state index < -0.39 is 0 Å². The lowest BCUT2D eigenvalue weighted by Gasteiger charge is -2.27. The predicted octanol–water partition coefficient (Wildman–Crippen LogP) is 10.4. The maximum absolute atomic E-state index is 3.85. The normalized spacial score (nSPS) is 13.6. The molecule has 0 aromatic heterocycles. The first-order valence-electron chi connectivity index (χ1n) is 12.4. The molecule has 0 bridgehead atoms. The molecule has 0 saturated carbocycles. The summed E-state index contributed by atoms with van der Waals surface area (Å²) in [7, 11) is 0. The Morgan fingerprint density at radius 2 is 0.972 bits per heavy atom. The summed E-state index contributed by atoms with van der Waals surface area (Å²) in [5.41, 5.74) is 11.1. The van der Waals surface area contributed by atoms with E-state index in [0.717, 1.165) is 17.3 Å². The highest BCUT2D eigenvalue weighted by atomic mass is 79.9. The summed E-state index contributed by atoms with van der Waals surface area (Å²) in [6.45, 7) is 0. The third-order valence-electron chi connectivity index (χ3n) is 8.62. The zero-order chi connectivity index (χ0) is 23.7. The molecule has 7 aromatic rings. The van der Waals surface area contributed by atoms with Gasteiger partial charge in [0.1, 0.15) is 0 Å². The zero-order valence-electron chi connectivity index (χ0n) is 19.3. The van der Waals surface area contributed by atoms with Crippen molar-refractivity contribution in [1.82, 2.24) is 0 Å². The molecule has 0 spiro atoms. The summed E-state index contributed by atoms with van der Waals surface area (Å²) in [5, 5.41) is 11.2. The minimum absolute atomic E-state index is 0.944. The number of fused-ring (bicyclic) bond motifs is 6. The van der Waals surface area contributed by atoms with Gasteiger partial charge in [-0.15, -0.1) is 0 Å². The summed E-state index contributed by atoms with van der Waals surface area (Å²) < 4.78 is 2.29. The van der Waals surface area contributed by atoms with E-state index in [1.54, 1.807) is 0 Å². The average Bonchev–Trinajstić information content (AvgIpc) is 2.92. The lowest BCUT2D eigenvalue weighted by molar-refractivity contribution is 1.18. The molecule has 0 radical (unpaired) electrons. The van der Waals surface area contributed by atoms with Gasteiger partial charge in [-0.2, -0.15) is 0 Å². The van der Waals surface area contributed by atoms with Crippen LogP contribution in [0.15, 0.2) is 93.9 Å². The molecule has 9 rings (SSSR count). The summed E-state index contributed by atoms with van der Waals surface area (Å²) >= 11 is 7.57. The van der Waals surface area contributed by atoms with Crippen molar-refractivity contribution in [2.45, 2.75) is 12.8 Å². The predicted molar refractivity (Wildman–Crippen MR) is 160 cm³/mol. The molecule has 7 aromatic carbocycles. The van der Waals surface area contributed by atoms with E-state index in [2.05, 4.69) is 117 Å². The molecule has 0 unspecified atom stereocenters. The number of hydrogen-bond acceptors (Lipinski definition) is 0. The third kappa shape index (κ3) is 2.31. The lowest BCUT2D eigenvalue weighted by Crippen LogP contribution is -2.04. The Labute approximate surface area is 225 Å². The first-order chi connectivity index (χ1) is 17.7. The maximum atomic E-state index is 3.85. The molecule has 0 atom stereocenters. The third-order valence-corrected chi connectivity index (χ3v) is 10.7. The van der Waals surface area contributed by atoms with Crippen molar-refractivity contribution < 1.29 is 0 Å². The highest BCUT2D eigenvalue weighted by Crippen LogP contribution is 2.51. The monoisotopic (exact) mass is 584 g/mol. The van der Waals surface area contributed by atoms with Gasteiger partial charge in [-0.3, -0.25) is 0 Å². The maximum Gasteiger partial charge on any atom is 0.0359 e. The van der Waals surface area contributed by atoms with Crippen LogP contribution in [0, 0.1) is 0 Å². The van der Waals surface area contributed by atoms with Crippen molar-refractivity contribution in [2.24, 2.45) is 0 Å². The highest BCUT2D eigenvalue weighted by molar-refractivity contribution is 9.13. The Balaban J connectivity index is 1.48. The summed E-state index contributed by atoms with van der Waals surface area (Å²) in [6, 6.07) is 32.3. The van der Waals surface area contributed by atoms with Gasteiger partial charge >= 0.3 is 0 Å². The van der Waals surface area contributed by atoms with Crippen molar-refractivity contribution in [1.29, 1.82) is 0 Å². The summed E-state index contributed by atoms with van der Waals surface area (Å²) in [5.74, 6) is 0. The summed E-state index contributed by atoms with van der Waals surface area (Å²) in [6.07, 6.45) is 1.95. The zero-order valence-corrected chi connectivity index (χ0v) is 22.4. The molecule has 0 nitrogen and oxygen atoms in total. The molecular formula is C34H18Br2. The fourth-order valence-corrected chi connectivity index (χ4v) is 7.98. The molecule has 168 valence electrons. The van der Waals surface area contributed by atoms with Crippen molar-refractivity contribution in [3.8, 4) is 22.3 Å². The molecule has 0 saturated heterocycles. The highest BCUT2D eigenvalue weighted by Gasteiger charge is 2.26. The van der Waals surface area contributed by atoms with Gasteiger partial charge in [-0.05, 0) is 138 Å². The molecule has 2 aliphatic rings. The SMILES string of the molecule is Brc1ccc2c(c1Br)Cc1ccc3c4ccc5c6c(ccc(c7ccc-2c1c37)c64)Cc1ccccc1-5. The summed E-state index contributed by atoms with van der Waals surface area (Å²) in [4.78, 5) is 0. The molecule has 0 amide bonds. The van der Waals surface area contributed by atoms with Crippen LogP contribution in [0.5, 0.6) is 0 Å². The number of halogens is 2. The lowest BCUT2D eigenvalue weighted by atomic mass is 9.77. The molecule has 0 fully saturated rings. The van der Waals surface area contributed by atoms with Crippen LogP contribution in [0.1, 0.15) is 22.3 Å². The first kappa shape index (κ1) is 19.9. The molecule has 2 aliphatic carbocycles. The minimum Gasteiger partial charge on any atom is -0.0619 e. The van der Waals surface area contributed by atoms with E-state index in [4.69, 9.17) is 0 Å². The Morgan fingerprint density at radius 1 is 0.417 bits per heavy atom. The van der Waals surface area contributed by atoms with E-state index in [1.807, 2.05) is 0 Å². The Bertz CT molecular complexity index is 2100. The van der Waals surface area contributed by atoms with E-state index in [9.17, 15) is 0 Å². The number of rotatable bonds is 0. The van der Waals surface area contributed by atoms with Crippen LogP contribution >= 0.6 is 31.9 Å². The van der Waals surface area contributed by atoms with Crippen LogP contribution in [0.2, 0.25) is 0 Å². The number of hydrogen-bond donors (Lipinski definition) is 0. The van der Waals surface area contributed by atoms with Crippen molar-refractivity contribution in [2.75, 3.05) is 0 Å². The quantitative estimate of drug-likeness (QED) is 0.123. The molecule has 0 aliphatic heterocycles. The van der Waals surface area contributed by atoms with Gasteiger partial charge in [-0.1, -0.05) is 78.9 Å². The van der Waals surface area contributed by atoms with Crippen LogP contribution in [-0.4, -0.2) is 0 Å². The molecule has 2 heteroatoms. The second-order valence-electron chi connectivity index (χ2n) is 10.3. The van der Waals surface area contributed by atoms with Crippen LogP contribution in [0.4, 0.5) is 0 Å². The van der Waals surface area contributed by atoms with Crippen molar-refractivity contribution in [3.63, 3.8) is 0 Å². The second kappa shape index (κ2) is 6.76. The largest absolute Gasteiger partial charge is 0.0619 e. The van der Waals surface area contributed by atoms with Crippen LogP contribution in [0.3, 0.4) is 0 Å². The fourth-order valence-electron chi connectivity index (χ4n) is 7.13. The van der Waals surface area contributed by atoms with Crippen molar-refractivity contribution in [3.05, 3.63) is 116 Å². The standard InChI is InChI=1S/C34H18Br2/c35-29-14-13-21-23-10-12-27-24-7-5-18-15-17-3-1-2-4-20(17)22-9-11-26(32(24)30(18)22)25-8-6-19(31(23)33(25)27)16-28(21)34(29)36/h1-14H,15-16H2. The Hall–Kier alpha value is -3.20. The van der Waals surface area contributed by atoms with Gasteiger partial charge < -0.3 is 0 Å². The average molecular weight is 586 g/mol. The van der Waals surface area contributed by atoms with Gasteiger partial charge in [-0.25, -0.2) is 0 Å². The van der Waals surface area contributed by atoms with Gasteiger partial charge in [0.15, 0.2) is 0 Å². The minimum atomic E-state index is 0.944. The van der Waals surface area contributed by atoms with Gasteiger partial charge in [0.2, 0.25) is 0 Å². The smallest absolute Gasteiger partial charge is 0.0359 e. The second-order valence-corrected chi connectivity index (χ2v) is 11.9.